The molecule has 1 N–H and O–H groups in total. The first-order valence-corrected chi connectivity index (χ1v) is 11.9. The molecule has 1 atom stereocenters. The van der Waals surface area contributed by atoms with E-state index in [4.69, 9.17) is 11.6 Å². The Morgan fingerprint density at radius 3 is 2.47 bits per heavy atom. The molecule has 7 nitrogen and oxygen atoms in total. The number of carbonyl (C=O) groups is 1. The molecule has 0 saturated heterocycles. The number of carbonyl (C=O) groups excluding carboxylic acids is 1. The van der Waals surface area contributed by atoms with Gasteiger partial charge in [-0.1, -0.05) is 54.1 Å². The third-order valence-corrected chi connectivity index (χ3v) is 6.47. The number of rotatable bonds is 7. The number of hydrogen-bond acceptors (Lipinski definition) is 6. The highest BCUT2D eigenvalue weighted by atomic mass is 35.5. The summed E-state index contributed by atoms with van der Waals surface area (Å²) in [6, 6.07) is 11.2. The predicted octanol–water partition coefficient (Wildman–Crippen LogP) is 4.18. The summed E-state index contributed by atoms with van der Waals surface area (Å²) in [6.45, 7) is 1.64. The first-order valence-electron chi connectivity index (χ1n) is 8.85. The minimum Gasteiger partial charge on any atom is -0.299 e. The molecule has 11 heteroatoms. The van der Waals surface area contributed by atoms with E-state index in [1.165, 1.54) is 18.2 Å². The summed E-state index contributed by atoms with van der Waals surface area (Å²) >= 11 is 7.01. The molecule has 30 heavy (non-hydrogen) atoms. The van der Waals surface area contributed by atoms with Crippen LogP contribution in [-0.2, 0) is 14.8 Å². The van der Waals surface area contributed by atoms with Gasteiger partial charge >= 0.3 is 0 Å². The minimum absolute atomic E-state index is 0.121. The lowest BCUT2D eigenvalue weighted by Crippen LogP contribution is -2.47. The lowest BCUT2D eigenvalue weighted by atomic mass is 10.2. The van der Waals surface area contributed by atoms with Crippen molar-refractivity contribution in [1.29, 1.82) is 0 Å². The average Bonchev–Trinajstić information content (AvgIpc) is 3.14. The molecule has 0 aliphatic rings. The molecule has 0 aliphatic heterocycles. The van der Waals surface area contributed by atoms with Gasteiger partial charge in [0, 0.05) is 10.6 Å². The van der Waals surface area contributed by atoms with E-state index in [1.807, 2.05) is 0 Å². The zero-order valence-corrected chi connectivity index (χ0v) is 18.4. The largest absolute Gasteiger partial charge is 0.299 e. The number of nitrogens with one attached hydrogen (secondary N) is 1. The fraction of sp³-hybridized carbons (Fsp3) is 0.211. The lowest BCUT2D eigenvalue weighted by molar-refractivity contribution is -0.117. The van der Waals surface area contributed by atoms with Crippen molar-refractivity contribution in [1.82, 2.24) is 10.2 Å². The summed E-state index contributed by atoms with van der Waals surface area (Å²) < 4.78 is 39.9. The molecule has 0 saturated carbocycles. The van der Waals surface area contributed by atoms with Crippen LogP contribution in [-0.4, -0.2) is 36.8 Å². The monoisotopic (exact) mass is 468 g/mol. The number of halogens is 2. The second-order valence-electron chi connectivity index (χ2n) is 6.34. The van der Waals surface area contributed by atoms with Crippen molar-refractivity contribution in [2.75, 3.05) is 15.9 Å². The highest BCUT2D eigenvalue weighted by Crippen LogP contribution is 2.29. The Kier molecular flexibility index (Phi) is 6.69. The number of benzene rings is 2. The Morgan fingerprint density at radius 1 is 1.20 bits per heavy atom. The van der Waals surface area contributed by atoms with Crippen LogP contribution in [0.5, 0.6) is 0 Å². The van der Waals surface area contributed by atoms with Crippen LogP contribution in [0.25, 0.3) is 10.6 Å². The van der Waals surface area contributed by atoms with Crippen LogP contribution in [0.2, 0.25) is 5.02 Å². The summed E-state index contributed by atoms with van der Waals surface area (Å²) in [5, 5.41) is 11.9. The maximum Gasteiger partial charge on any atom is 0.250 e. The van der Waals surface area contributed by atoms with Gasteiger partial charge in [-0.25, -0.2) is 12.8 Å². The molecule has 0 radical (unpaired) electrons. The zero-order valence-electron chi connectivity index (χ0n) is 16.0. The number of anilines is 2. The molecule has 158 valence electrons. The molecule has 3 aromatic rings. The van der Waals surface area contributed by atoms with Crippen molar-refractivity contribution >= 4 is 49.7 Å². The van der Waals surface area contributed by atoms with Gasteiger partial charge in [-0.3, -0.25) is 14.4 Å². The number of aromatic nitrogens is 2. The van der Waals surface area contributed by atoms with Gasteiger partial charge in [-0.2, -0.15) is 0 Å². The third kappa shape index (κ3) is 4.94. The Bertz CT molecular complexity index is 1150. The summed E-state index contributed by atoms with van der Waals surface area (Å²) in [6.07, 6.45) is 1.05. The number of hydrogen-bond donors (Lipinski definition) is 1. The van der Waals surface area contributed by atoms with Crippen LogP contribution in [0.15, 0.2) is 48.5 Å². The van der Waals surface area contributed by atoms with Crippen LogP contribution in [0.3, 0.4) is 0 Å². The smallest absolute Gasteiger partial charge is 0.250 e. The van der Waals surface area contributed by atoms with Crippen molar-refractivity contribution in [2.45, 2.75) is 19.4 Å². The summed E-state index contributed by atoms with van der Waals surface area (Å²) in [7, 11) is -3.94. The molecule has 3 rings (SSSR count). The summed E-state index contributed by atoms with van der Waals surface area (Å²) in [5.41, 5.74) is 0.578. The number of sulfonamides is 1. The normalized spacial score (nSPS) is 12.4. The fourth-order valence-corrected chi connectivity index (χ4v) is 4.93. The van der Waals surface area contributed by atoms with E-state index in [-0.39, 0.29) is 17.2 Å². The second kappa shape index (κ2) is 9.07. The van der Waals surface area contributed by atoms with E-state index in [0.717, 1.165) is 33.5 Å². The van der Waals surface area contributed by atoms with Crippen LogP contribution in [0.1, 0.15) is 13.3 Å². The quantitative estimate of drug-likeness (QED) is 0.561. The maximum atomic E-state index is 14.3. The molecule has 0 aliphatic carbocycles. The molecule has 0 bridgehead atoms. The van der Waals surface area contributed by atoms with E-state index in [0.29, 0.717) is 10.0 Å². The van der Waals surface area contributed by atoms with Crippen LogP contribution in [0.4, 0.5) is 15.2 Å². The van der Waals surface area contributed by atoms with Crippen LogP contribution >= 0.6 is 22.9 Å². The first-order chi connectivity index (χ1) is 14.2. The van der Waals surface area contributed by atoms with Gasteiger partial charge in [0.2, 0.25) is 21.1 Å². The molecule has 1 aromatic heterocycles. The van der Waals surface area contributed by atoms with Gasteiger partial charge in [0.05, 0.1) is 11.9 Å². The van der Waals surface area contributed by atoms with Crippen molar-refractivity contribution in [2.24, 2.45) is 0 Å². The molecule has 2 aromatic carbocycles. The van der Waals surface area contributed by atoms with E-state index < -0.39 is 27.8 Å². The minimum atomic E-state index is -3.94. The Morgan fingerprint density at radius 2 is 1.87 bits per heavy atom. The number of amides is 1. The number of para-hydroxylation sites is 1. The Hall–Kier alpha value is -2.56. The highest BCUT2D eigenvalue weighted by molar-refractivity contribution is 7.92. The van der Waals surface area contributed by atoms with E-state index in [2.05, 4.69) is 15.5 Å². The van der Waals surface area contributed by atoms with Gasteiger partial charge in [-0.15, -0.1) is 10.2 Å². The van der Waals surface area contributed by atoms with Crippen molar-refractivity contribution in [3.63, 3.8) is 0 Å². The van der Waals surface area contributed by atoms with Gasteiger partial charge in [0.1, 0.15) is 16.9 Å². The van der Waals surface area contributed by atoms with Crippen molar-refractivity contribution in [3.05, 3.63) is 59.4 Å². The topological polar surface area (TPSA) is 92.3 Å². The molecule has 0 unspecified atom stereocenters. The van der Waals surface area contributed by atoms with Gasteiger partial charge < -0.3 is 0 Å². The Balaban J connectivity index is 1.87. The van der Waals surface area contributed by atoms with Crippen molar-refractivity contribution in [3.8, 4) is 10.6 Å². The standard InChI is InChI=1S/C19H18ClFN4O3S2/c1-3-15(25(30(2,27)28)16-7-5-4-6-14(16)21)17(26)22-19-24-23-18(29-19)12-8-10-13(20)11-9-12/h4-11,15H,3H2,1-2H3,(H,22,24,26)/t15-/m0/s1. The van der Waals surface area contributed by atoms with Crippen LogP contribution < -0.4 is 9.62 Å². The van der Waals surface area contributed by atoms with Gasteiger partial charge in [0.15, 0.2) is 0 Å². The summed E-state index contributed by atoms with van der Waals surface area (Å²) in [4.78, 5) is 12.9. The predicted molar refractivity (Wildman–Crippen MR) is 117 cm³/mol. The van der Waals surface area contributed by atoms with E-state index in [9.17, 15) is 17.6 Å². The highest BCUT2D eigenvalue weighted by Gasteiger charge is 2.33. The van der Waals surface area contributed by atoms with Crippen LogP contribution in [0, 0.1) is 5.82 Å². The van der Waals surface area contributed by atoms with Gasteiger partial charge in [-0.05, 0) is 30.7 Å². The number of nitrogens with zero attached hydrogens (tertiary/aromatic N) is 3. The molecule has 0 spiro atoms. The lowest BCUT2D eigenvalue weighted by Gasteiger charge is -2.29. The molecular formula is C19H18ClFN4O3S2. The molecule has 1 amide bonds. The molecule has 1 heterocycles. The van der Waals surface area contributed by atoms with E-state index in [1.54, 1.807) is 31.2 Å². The first kappa shape index (κ1) is 22.1. The summed E-state index contributed by atoms with van der Waals surface area (Å²) in [5.74, 6) is -1.37. The van der Waals surface area contributed by atoms with E-state index >= 15 is 0 Å². The third-order valence-electron chi connectivity index (χ3n) is 4.17. The van der Waals surface area contributed by atoms with Gasteiger partial charge in [0.25, 0.3) is 0 Å². The SMILES string of the molecule is CC[C@@H](C(=O)Nc1nnc(-c2ccc(Cl)cc2)s1)N(c1ccccc1F)S(C)(=O)=O. The second-order valence-corrected chi connectivity index (χ2v) is 9.62. The zero-order chi connectivity index (χ0) is 21.9. The maximum absolute atomic E-state index is 14.3. The fourth-order valence-electron chi connectivity index (χ4n) is 2.84. The Labute approximate surface area is 182 Å². The molecular weight excluding hydrogens is 451 g/mol. The average molecular weight is 469 g/mol. The molecule has 0 fully saturated rings. The van der Waals surface area contributed by atoms with Crippen molar-refractivity contribution < 1.29 is 17.6 Å².